The summed E-state index contributed by atoms with van der Waals surface area (Å²) in [6, 6.07) is 0. The Labute approximate surface area is 324 Å². The molecule has 0 aromatic heterocycles. The van der Waals surface area contributed by atoms with Gasteiger partial charge in [-0.05, 0) is 26.2 Å². The van der Waals surface area contributed by atoms with Crippen molar-refractivity contribution in [3.63, 3.8) is 0 Å². The van der Waals surface area contributed by atoms with E-state index in [-0.39, 0.29) is 43.2 Å². The number of carbonyl (C=O) groups is 5. The summed E-state index contributed by atoms with van der Waals surface area (Å²) in [7, 11) is 0. The molecule has 1 atom stereocenters. The summed E-state index contributed by atoms with van der Waals surface area (Å²) in [6.45, 7) is 6.90. The highest BCUT2D eigenvalue weighted by molar-refractivity contribution is 5.84. The van der Waals surface area contributed by atoms with Crippen molar-refractivity contribution in [2.75, 3.05) is 85.8 Å². The highest BCUT2D eigenvalue weighted by atomic mass is 16.6. The molecule has 0 radical (unpaired) electrons. The van der Waals surface area contributed by atoms with Gasteiger partial charge in [0.1, 0.15) is 11.6 Å². The molecule has 0 aliphatic carbocycles. The second-order valence-corrected chi connectivity index (χ2v) is 13.6. The molecule has 14 nitrogen and oxygen atoms in total. The third-order valence-electron chi connectivity index (χ3n) is 8.67. The Balaban J connectivity index is 3.54. The van der Waals surface area contributed by atoms with Crippen LogP contribution in [0.2, 0.25) is 0 Å². The Hall–Kier alpha value is -2.49. The molecule has 0 heterocycles. The van der Waals surface area contributed by atoms with Crippen LogP contribution in [0.15, 0.2) is 0 Å². The maximum atomic E-state index is 12.4. The maximum absolute atomic E-state index is 12.4. The molecule has 0 aromatic rings. The SMILES string of the molecule is CC(=O)CCOCCOCCOCCOCCOCCOCCNC(=O)CC[C@H](CC(=O)CCCCCCCCCCCCCCCCC(=O)O)C(=O)O. The van der Waals surface area contributed by atoms with E-state index in [0.717, 1.165) is 44.9 Å². The number of amides is 1. The number of unbranched alkanes of at least 4 members (excludes halogenated alkanes) is 13. The molecular formula is C40H73NO13. The van der Waals surface area contributed by atoms with Crippen LogP contribution in [-0.2, 0) is 52.4 Å². The molecule has 316 valence electrons. The summed E-state index contributed by atoms with van der Waals surface area (Å²) >= 11 is 0. The van der Waals surface area contributed by atoms with Crippen LogP contribution in [-0.4, -0.2) is 125 Å². The van der Waals surface area contributed by atoms with Crippen LogP contribution in [0, 0.1) is 5.92 Å². The van der Waals surface area contributed by atoms with Crippen molar-refractivity contribution in [3.05, 3.63) is 0 Å². The number of rotatable bonds is 44. The normalized spacial score (nSPS) is 11.8. The van der Waals surface area contributed by atoms with E-state index in [4.69, 9.17) is 33.5 Å². The van der Waals surface area contributed by atoms with Gasteiger partial charge in [0.2, 0.25) is 5.91 Å². The predicted molar refractivity (Wildman–Crippen MR) is 205 cm³/mol. The van der Waals surface area contributed by atoms with Crippen molar-refractivity contribution in [2.45, 2.75) is 135 Å². The van der Waals surface area contributed by atoms with E-state index in [1.54, 1.807) is 0 Å². The lowest BCUT2D eigenvalue weighted by atomic mass is 9.94. The minimum atomic E-state index is -1.04. The summed E-state index contributed by atoms with van der Waals surface area (Å²) in [5.41, 5.74) is 0. The fourth-order valence-electron chi connectivity index (χ4n) is 5.48. The van der Waals surface area contributed by atoms with Gasteiger partial charge in [0.25, 0.3) is 0 Å². The smallest absolute Gasteiger partial charge is 0.306 e. The maximum Gasteiger partial charge on any atom is 0.306 e. The number of carbonyl (C=O) groups excluding carboxylic acids is 3. The van der Waals surface area contributed by atoms with Gasteiger partial charge in [0.05, 0.1) is 85.2 Å². The number of aliphatic carboxylic acids is 2. The molecule has 0 saturated heterocycles. The van der Waals surface area contributed by atoms with Gasteiger partial charge in [-0.3, -0.25) is 24.0 Å². The molecule has 1 amide bonds. The topological polar surface area (TPSA) is 193 Å². The molecule has 0 saturated carbocycles. The van der Waals surface area contributed by atoms with E-state index in [0.29, 0.717) is 98.7 Å². The van der Waals surface area contributed by atoms with Crippen molar-refractivity contribution in [1.29, 1.82) is 0 Å². The monoisotopic (exact) mass is 776 g/mol. The lowest BCUT2D eigenvalue weighted by molar-refractivity contribution is -0.144. The van der Waals surface area contributed by atoms with Crippen molar-refractivity contribution < 1.29 is 62.6 Å². The molecule has 14 heteroatoms. The molecule has 0 aliphatic heterocycles. The van der Waals surface area contributed by atoms with Gasteiger partial charge in [0.15, 0.2) is 0 Å². The second-order valence-electron chi connectivity index (χ2n) is 13.6. The number of carboxylic acid groups (broad SMARTS) is 2. The Morgan fingerprint density at radius 3 is 1.22 bits per heavy atom. The highest BCUT2D eigenvalue weighted by Crippen LogP contribution is 2.17. The Bertz CT molecular complexity index is 933. The number of carboxylic acids is 2. The van der Waals surface area contributed by atoms with Crippen molar-refractivity contribution in [1.82, 2.24) is 5.32 Å². The Morgan fingerprint density at radius 1 is 0.463 bits per heavy atom. The van der Waals surface area contributed by atoms with Crippen LogP contribution in [0.3, 0.4) is 0 Å². The van der Waals surface area contributed by atoms with Crippen molar-refractivity contribution >= 4 is 29.4 Å². The van der Waals surface area contributed by atoms with E-state index in [2.05, 4.69) is 5.32 Å². The van der Waals surface area contributed by atoms with Crippen LogP contribution in [0.5, 0.6) is 0 Å². The van der Waals surface area contributed by atoms with Gasteiger partial charge in [-0.1, -0.05) is 77.0 Å². The number of hydrogen-bond acceptors (Lipinski definition) is 11. The quantitative estimate of drug-likeness (QED) is 0.0616. The van der Waals surface area contributed by atoms with Crippen molar-refractivity contribution in [2.24, 2.45) is 5.92 Å². The summed E-state index contributed by atoms with van der Waals surface area (Å²) in [5.74, 6) is -2.82. The fourth-order valence-corrected chi connectivity index (χ4v) is 5.48. The zero-order chi connectivity index (χ0) is 39.7. The van der Waals surface area contributed by atoms with Crippen molar-refractivity contribution in [3.8, 4) is 0 Å². The standard InChI is InChI=1S/C40H73NO13/c1-35(42)20-22-49-24-26-51-28-30-53-32-33-54-31-29-52-27-25-50-23-21-41-38(44)19-18-36(40(47)48)34-37(43)16-14-12-10-8-6-4-2-3-5-7-9-11-13-15-17-39(45)46/h36H,2-34H2,1H3,(H,41,44)(H,45,46)(H,47,48)/t36-/m1/s1. The van der Waals surface area contributed by atoms with Gasteiger partial charge in [-0.2, -0.15) is 0 Å². The zero-order valence-corrected chi connectivity index (χ0v) is 33.3. The molecule has 0 bridgehead atoms. The van der Waals surface area contributed by atoms with Gasteiger partial charge < -0.3 is 44.0 Å². The van der Waals surface area contributed by atoms with E-state index >= 15 is 0 Å². The number of Topliss-reactive ketones (excluding diaryl/α,β-unsaturated/α-hetero) is 2. The molecule has 0 unspecified atom stereocenters. The molecule has 0 aliphatic rings. The number of ketones is 2. The minimum Gasteiger partial charge on any atom is -0.481 e. The average molecular weight is 776 g/mol. The summed E-state index contributed by atoms with van der Waals surface area (Å²) in [5, 5.41) is 20.9. The van der Waals surface area contributed by atoms with E-state index < -0.39 is 17.9 Å². The van der Waals surface area contributed by atoms with Crippen LogP contribution in [0.4, 0.5) is 0 Å². The first kappa shape index (κ1) is 51.5. The molecule has 0 rings (SSSR count). The number of nitrogens with one attached hydrogen (secondary N) is 1. The van der Waals surface area contributed by atoms with Gasteiger partial charge in [-0.15, -0.1) is 0 Å². The first-order chi connectivity index (χ1) is 26.2. The highest BCUT2D eigenvalue weighted by Gasteiger charge is 2.22. The zero-order valence-electron chi connectivity index (χ0n) is 33.3. The minimum absolute atomic E-state index is 0.0368. The number of hydrogen-bond donors (Lipinski definition) is 3. The van der Waals surface area contributed by atoms with E-state index in [9.17, 15) is 29.1 Å². The predicted octanol–water partition coefficient (Wildman–Crippen LogP) is 5.95. The largest absolute Gasteiger partial charge is 0.481 e. The first-order valence-electron chi connectivity index (χ1n) is 20.4. The van der Waals surface area contributed by atoms with Crippen LogP contribution in [0.1, 0.15) is 135 Å². The van der Waals surface area contributed by atoms with Gasteiger partial charge in [-0.25, -0.2) is 0 Å². The van der Waals surface area contributed by atoms with E-state index in [1.807, 2.05) is 0 Å². The Morgan fingerprint density at radius 2 is 0.833 bits per heavy atom. The van der Waals surface area contributed by atoms with Gasteiger partial charge >= 0.3 is 11.9 Å². The fraction of sp³-hybridized carbons (Fsp3) is 0.875. The van der Waals surface area contributed by atoms with Gasteiger partial charge in [0, 0.05) is 38.6 Å². The molecule has 0 aromatic carbocycles. The average Bonchev–Trinajstić information content (AvgIpc) is 3.13. The summed E-state index contributed by atoms with van der Waals surface area (Å²) < 4.78 is 32.4. The van der Waals surface area contributed by atoms with Crippen LogP contribution >= 0.6 is 0 Å². The summed E-state index contributed by atoms with van der Waals surface area (Å²) in [4.78, 5) is 57.6. The van der Waals surface area contributed by atoms with Crippen LogP contribution < -0.4 is 5.32 Å². The second kappa shape index (κ2) is 40.2. The lowest BCUT2D eigenvalue weighted by Crippen LogP contribution is -2.29. The van der Waals surface area contributed by atoms with Crippen LogP contribution in [0.25, 0.3) is 0 Å². The molecule has 54 heavy (non-hydrogen) atoms. The molecule has 0 fully saturated rings. The molecule has 3 N–H and O–H groups in total. The lowest BCUT2D eigenvalue weighted by Gasteiger charge is -2.12. The molecule has 0 spiro atoms. The number of ether oxygens (including phenoxy) is 6. The molecular weight excluding hydrogens is 702 g/mol. The summed E-state index contributed by atoms with van der Waals surface area (Å²) in [6.07, 6.45) is 16.7. The first-order valence-corrected chi connectivity index (χ1v) is 20.4. The third-order valence-corrected chi connectivity index (χ3v) is 8.67. The Kier molecular flexibility index (Phi) is 38.3. The third kappa shape index (κ3) is 40.7. The van der Waals surface area contributed by atoms with E-state index in [1.165, 1.54) is 51.9 Å².